The second-order valence-electron chi connectivity index (χ2n) is 5.16. The molecule has 0 aliphatic heterocycles. The Morgan fingerprint density at radius 2 is 2.08 bits per heavy atom. The van der Waals surface area contributed by atoms with E-state index < -0.39 is 11.8 Å². The molecule has 2 aromatic rings. The normalized spacial score (nSPS) is 10.1. The van der Waals surface area contributed by atoms with Crippen molar-refractivity contribution in [1.82, 2.24) is 0 Å². The number of hydrogen-bond acceptors (Lipinski definition) is 4. The Kier molecular flexibility index (Phi) is 5.78. The molecule has 6 heteroatoms. The third-order valence-corrected chi connectivity index (χ3v) is 3.49. The molecule has 4 nitrogen and oxygen atoms in total. The summed E-state index contributed by atoms with van der Waals surface area (Å²) >= 11 is 5.93. The number of nitrogens with zero attached hydrogens (tertiary/aromatic N) is 1. The van der Waals surface area contributed by atoms with Crippen molar-refractivity contribution < 1.29 is 18.7 Å². The number of nitriles is 1. The first-order chi connectivity index (χ1) is 11.4. The Bertz CT molecular complexity index is 815. The highest BCUT2D eigenvalue weighted by atomic mass is 35.5. The van der Waals surface area contributed by atoms with Gasteiger partial charge in [0.1, 0.15) is 5.75 Å². The van der Waals surface area contributed by atoms with Crippen molar-refractivity contribution in [2.75, 3.05) is 6.61 Å². The zero-order chi connectivity index (χ0) is 17.7. The lowest BCUT2D eigenvalue weighted by Gasteiger charge is -2.13. The Labute approximate surface area is 144 Å². The van der Waals surface area contributed by atoms with Crippen LogP contribution in [0.2, 0.25) is 5.02 Å². The number of ether oxygens (including phenoxy) is 2. The fourth-order valence-corrected chi connectivity index (χ4v) is 2.35. The van der Waals surface area contributed by atoms with Gasteiger partial charge in [-0.15, -0.1) is 0 Å². The summed E-state index contributed by atoms with van der Waals surface area (Å²) < 4.78 is 25.1. The zero-order valence-corrected chi connectivity index (χ0v) is 14.0. The van der Waals surface area contributed by atoms with Gasteiger partial charge in [0.2, 0.25) is 0 Å². The van der Waals surface area contributed by atoms with Crippen molar-refractivity contribution in [3.8, 4) is 17.6 Å². The van der Waals surface area contributed by atoms with E-state index in [1.165, 1.54) is 25.1 Å². The van der Waals surface area contributed by atoms with E-state index in [0.29, 0.717) is 21.7 Å². The number of rotatable bonds is 5. The average molecular weight is 348 g/mol. The van der Waals surface area contributed by atoms with Crippen LogP contribution in [-0.4, -0.2) is 12.6 Å². The molecule has 0 bridgehead atoms. The number of halogens is 2. The molecule has 0 aliphatic rings. The molecule has 0 saturated heterocycles. The standard InChI is InChI=1S/C18H15ClFNO3/c1-11-3-4-14(5-6-23-12(2)22)17(20)18(11)24-16-8-13(10-21)7-15(19)9-16/h3-4,7-9H,5-6H2,1-2H3. The van der Waals surface area contributed by atoms with Gasteiger partial charge in [0.05, 0.1) is 18.2 Å². The predicted octanol–water partition coefficient (Wildman–Crippen LogP) is 4.56. The smallest absolute Gasteiger partial charge is 0.302 e. The van der Waals surface area contributed by atoms with Crippen LogP contribution in [0.15, 0.2) is 30.3 Å². The molecule has 0 fully saturated rings. The van der Waals surface area contributed by atoms with Gasteiger partial charge in [-0.25, -0.2) is 4.39 Å². The molecule has 0 atom stereocenters. The summed E-state index contributed by atoms with van der Waals surface area (Å²) in [4.78, 5) is 10.8. The fourth-order valence-electron chi connectivity index (χ4n) is 2.12. The molecule has 0 radical (unpaired) electrons. The first-order valence-corrected chi connectivity index (χ1v) is 7.58. The summed E-state index contributed by atoms with van der Waals surface area (Å²) in [6.45, 7) is 3.10. The molecule has 0 N–H and O–H groups in total. The molecule has 2 rings (SSSR count). The maximum absolute atomic E-state index is 14.7. The van der Waals surface area contributed by atoms with Gasteiger partial charge in [-0.2, -0.15) is 5.26 Å². The summed E-state index contributed by atoms with van der Waals surface area (Å²) in [5, 5.41) is 9.30. The lowest BCUT2D eigenvalue weighted by molar-refractivity contribution is -0.140. The Morgan fingerprint density at radius 1 is 1.33 bits per heavy atom. The van der Waals surface area contributed by atoms with Crippen LogP contribution < -0.4 is 4.74 Å². The highest BCUT2D eigenvalue weighted by Gasteiger charge is 2.14. The number of benzene rings is 2. The highest BCUT2D eigenvalue weighted by molar-refractivity contribution is 6.30. The topological polar surface area (TPSA) is 59.3 Å². The third kappa shape index (κ3) is 4.46. The van der Waals surface area contributed by atoms with Crippen molar-refractivity contribution in [2.24, 2.45) is 0 Å². The number of esters is 1. The minimum absolute atomic E-state index is 0.0569. The van der Waals surface area contributed by atoms with E-state index in [1.807, 2.05) is 6.07 Å². The van der Waals surface area contributed by atoms with Crippen molar-refractivity contribution in [1.29, 1.82) is 5.26 Å². The molecular weight excluding hydrogens is 333 g/mol. The van der Waals surface area contributed by atoms with Gasteiger partial charge in [-0.05, 0) is 36.2 Å². The van der Waals surface area contributed by atoms with Gasteiger partial charge in [0.15, 0.2) is 11.6 Å². The lowest BCUT2D eigenvalue weighted by Crippen LogP contribution is -2.05. The number of hydrogen-bond donors (Lipinski definition) is 0. The molecule has 0 heterocycles. The van der Waals surface area contributed by atoms with Crippen LogP contribution >= 0.6 is 11.6 Å². The Balaban J connectivity index is 2.28. The van der Waals surface area contributed by atoms with E-state index in [2.05, 4.69) is 0 Å². The first-order valence-electron chi connectivity index (χ1n) is 7.20. The summed E-state index contributed by atoms with van der Waals surface area (Å²) in [6.07, 6.45) is 0.237. The van der Waals surface area contributed by atoms with Crippen LogP contribution in [-0.2, 0) is 16.0 Å². The van der Waals surface area contributed by atoms with Gasteiger partial charge in [0.25, 0.3) is 0 Å². The van der Waals surface area contributed by atoms with E-state index in [-0.39, 0.29) is 24.5 Å². The second kappa shape index (κ2) is 7.80. The van der Waals surface area contributed by atoms with Gasteiger partial charge in [-0.3, -0.25) is 4.79 Å². The van der Waals surface area contributed by atoms with Crippen LogP contribution in [0.5, 0.6) is 11.5 Å². The van der Waals surface area contributed by atoms with E-state index in [0.717, 1.165) is 0 Å². The van der Waals surface area contributed by atoms with Gasteiger partial charge >= 0.3 is 5.97 Å². The maximum atomic E-state index is 14.7. The zero-order valence-electron chi connectivity index (χ0n) is 13.2. The quantitative estimate of drug-likeness (QED) is 0.744. The highest BCUT2D eigenvalue weighted by Crippen LogP contribution is 2.32. The van der Waals surface area contributed by atoms with Gasteiger partial charge in [0, 0.05) is 18.4 Å². The minimum Gasteiger partial charge on any atom is -0.466 e. The summed E-state index contributed by atoms with van der Waals surface area (Å²) in [5.74, 6) is -0.609. The minimum atomic E-state index is -0.527. The third-order valence-electron chi connectivity index (χ3n) is 3.27. The van der Waals surface area contributed by atoms with Gasteiger partial charge in [-0.1, -0.05) is 23.7 Å². The second-order valence-corrected chi connectivity index (χ2v) is 5.60. The lowest BCUT2D eigenvalue weighted by atomic mass is 10.1. The number of carbonyl (C=O) groups is 1. The summed E-state index contributed by atoms with van der Waals surface area (Å²) in [5.41, 5.74) is 1.29. The van der Waals surface area contributed by atoms with Crippen LogP contribution in [0.1, 0.15) is 23.6 Å². The van der Waals surface area contributed by atoms with Crippen LogP contribution in [0, 0.1) is 24.1 Å². The predicted molar refractivity (Wildman–Crippen MR) is 87.7 cm³/mol. The van der Waals surface area contributed by atoms with Crippen molar-refractivity contribution in [2.45, 2.75) is 20.3 Å². The summed E-state index contributed by atoms with van der Waals surface area (Å²) in [6, 6.07) is 9.79. The van der Waals surface area contributed by atoms with E-state index >= 15 is 0 Å². The van der Waals surface area contributed by atoms with Gasteiger partial charge < -0.3 is 9.47 Å². The van der Waals surface area contributed by atoms with Crippen molar-refractivity contribution in [3.05, 3.63) is 57.9 Å². The molecule has 124 valence electrons. The Hall–Kier alpha value is -2.58. The summed E-state index contributed by atoms with van der Waals surface area (Å²) in [7, 11) is 0. The molecule has 2 aromatic carbocycles. The monoisotopic (exact) mass is 347 g/mol. The SMILES string of the molecule is CC(=O)OCCc1ccc(C)c(Oc2cc(Cl)cc(C#N)c2)c1F. The van der Waals surface area contributed by atoms with E-state index in [1.54, 1.807) is 19.1 Å². The molecule has 0 amide bonds. The van der Waals surface area contributed by atoms with E-state index in [9.17, 15) is 9.18 Å². The molecule has 0 saturated carbocycles. The molecule has 0 spiro atoms. The van der Waals surface area contributed by atoms with Crippen LogP contribution in [0.3, 0.4) is 0 Å². The molecular formula is C18H15ClFNO3. The number of aryl methyl sites for hydroxylation is 1. The van der Waals surface area contributed by atoms with E-state index in [4.69, 9.17) is 26.3 Å². The number of carbonyl (C=O) groups excluding carboxylic acids is 1. The molecule has 0 unspecified atom stereocenters. The molecule has 0 aliphatic carbocycles. The molecule has 0 aromatic heterocycles. The Morgan fingerprint density at radius 3 is 2.75 bits per heavy atom. The average Bonchev–Trinajstić information content (AvgIpc) is 2.52. The largest absolute Gasteiger partial charge is 0.466 e. The van der Waals surface area contributed by atoms with Crippen LogP contribution in [0.25, 0.3) is 0 Å². The fraction of sp³-hybridized carbons (Fsp3) is 0.222. The van der Waals surface area contributed by atoms with Crippen molar-refractivity contribution in [3.63, 3.8) is 0 Å². The van der Waals surface area contributed by atoms with Crippen molar-refractivity contribution >= 4 is 17.6 Å². The van der Waals surface area contributed by atoms with Crippen LogP contribution in [0.4, 0.5) is 4.39 Å². The first kappa shape index (κ1) is 17.8. The maximum Gasteiger partial charge on any atom is 0.302 e. The molecule has 24 heavy (non-hydrogen) atoms.